The van der Waals surface area contributed by atoms with Crippen LogP contribution in [0.25, 0.3) is 0 Å². The van der Waals surface area contributed by atoms with E-state index in [0.717, 1.165) is 35.7 Å². The average Bonchev–Trinajstić information content (AvgIpc) is 3.45. The summed E-state index contributed by atoms with van der Waals surface area (Å²) in [6.07, 6.45) is 6.54. The van der Waals surface area contributed by atoms with Gasteiger partial charge in [0.15, 0.2) is 0 Å². The summed E-state index contributed by atoms with van der Waals surface area (Å²) in [5, 5.41) is 3.42. The maximum absolute atomic E-state index is 4.18. The molecule has 2 aliphatic rings. The van der Waals surface area contributed by atoms with Gasteiger partial charge in [0.05, 0.1) is 11.9 Å². The van der Waals surface area contributed by atoms with E-state index in [2.05, 4.69) is 60.3 Å². The molecule has 0 spiro atoms. The number of pyridine rings is 1. The van der Waals surface area contributed by atoms with Gasteiger partial charge >= 0.3 is 0 Å². The van der Waals surface area contributed by atoms with Gasteiger partial charge in [-0.1, -0.05) is 12.1 Å². The summed E-state index contributed by atoms with van der Waals surface area (Å²) in [6.45, 7) is 6.84. The van der Waals surface area contributed by atoms with Crippen molar-refractivity contribution in [3.63, 3.8) is 0 Å². The number of nitrogens with zero attached hydrogens (tertiary/aromatic N) is 3. The molecule has 0 amide bonds. The normalized spacial score (nSPS) is 18.4. The van der Waals surface area contributed by atoms with Gasteiger partial charge in [-0.05, 0) is 58.5 Å². The van der Waals surface area contributed by atoms with Crippen molar-refractivity contribution in [1.29, 1.82) is 0 Å². The molecular formula is C20H25BrN4. The van der Waals surface area contributed by atoms with Crippen molar-refractivity contribution in [2.45, 2.75) is 19.4 Å². The number of hydrogen-bond donors (Lipinski definition) is 1. The molecule has 2 aromatic rings. The molecule has 1 aliphatic heterocycles. The molecule has 0 bridgehead atoms. The Morgan fingerprint density at radius 1 is 1.04 bits per heavy atom. The highest BCUT2D eigenvalue weighted by molar-refractivity contribution is 9.10. The Bertz CT molecular complexity index is 691. The first-order valence-electron chi connectivity index (χ1n) is 9.17. The van der Waals surface area contributed by atoms with Crippen LogP contribution in [0.5, 0.6) is 0 Å². The fourth-order valence-corrected chi connectivity index (χ4v) is 3.76. The highest BCUT2D eigenvalue weighted by Gasteiger charge is 2.26. The smallest absolute Gasteiger partial charge is 0.0540 e. The third-order valence-corrected chi connectivity index (χ3v) is 5.52. The summed E-state index contributed by atoms with van der Waals surface area (Å²) in [5.74, 6) is 0.999. The second kappa shape index (κ2) is 7.75. The monoisotopic (exact) mass is 400 g/mol. The Hall–Kier alpha value is -1.59. The number of aromatic nitrogens is 1. The van der Waals surface area contributed by atoms with E-state index in [0.29, 0.717) is 0 Å². The van der Waals surface area contributed by atoms with Gasteiger partial charge in [-0.15, -0.1) is 0 Å². The van der Waals surface area contributed by atoms with Crippen molar-refractivity contribution in [2.24, 2.45) is 5.92 Å². The summed E-state index contributed by atoms with van der Waals surface area (Å²) in [5.41, 5.74) is 3.67. The zero-order chi connectivity index (χ0) is 17.1. The van der Waals surface area contributed by atoms with E-state index in [1.807, 2.05) is 12.3 Å². The topological polar surface area (TPSA) is 31.4 Å². The molecule has 4 rings (SSSR count). The summed E-state index contributed by atoms with van der Waals surface area (Å²) < 4.78 is 0.994. The van der Waals surface area contributed by atoms with E-state index < -0.39 is 0 Å². The molecule has 5 heteroatoms. The minimum Gasteiger partial charge on any atom is -0.380 e. The minimum absolute atomic E-state index is 0.813. The van der Waals surface area contributed by atoms with Gasteiger partial charge < -0.3 is 10.2 Å². The lowest BCUT2D eigenvalue weighted by Gasteiger charge is -2.36. The fourth-order valence-electron chi connectivity index (χ4n) is 3.39. The average molecular weight is 401 g/mol. The Morgan fingerprint density at radius 3 is 2.48 bits per heavy atom. The predicted molar refractivity (Wildman–Crippen MR) is 107 cm³/mol. The van der Waals surface area contributed by atoms with Crippen LogP contribution in [0.15, 0.2) is 47.2 Å². The minimum atomic E-state index is 0.813. The maximum atomic E-state index is 4.18. The van der Waals surface area contributed by atoms with E-state index in [1.165, 1.54) is 43.7 Å². The van der Waals surface area contributed by atoms with Gasteiger partial charge in [0, 0.05) is 55.6 Å². The molecule has 1 saturated heterocycles. The lowest BCUT2D eigenvalue weighted by Crippen LogP contribution is -2.47. The summed E-state index contributed by atoms with van der Waals surface area (Å²) >= 11 is 3.45. The molecule has 4 nitrogen and oxygen atoms in total. The van der Waals surface area contributed by atoms with E-state index in [1.54, 1.807) is 6.20 Å². The van der Waals surface area contributed by atoms with Crippen molar-refractivity contribution in [1.82, 2.24) is 9.88 Å². The van der Waals surface area contributed by atoms with Crippen molar-refractivity contribution in [3.8, 4) is 0 Å². The van der Waals surface area contributed by atoms with Gasteiger partial charge in [-0.2, -0.15) is 0 Å². The second-order valence-electron chi connectivity index (χ2n) is 7.14. The van der Waals surface area contributed by atoms with Crippen LogP contribution in [0.3, 0.4) is 0 Å². The maximum Gasteiger partial charge on any atom is 0.0540 e. The molecule has 2 heterocycles. The highest BCUT2D eigenvalue weighted by atomic mass is 79.9. The second-order valence-corrected chi connectivity index (χ2v) is 8.06. The predicted octanol–water partition coefficient (Wildman–Crippen LogP) is 3.99. The molecule has 1 N–H and O–H groups in total. The van der Waals surface area contributed by atoms with E-state index in [4.69, 9.17) is 0 Å². The van der Waals surface area contributed by atoms with Crippen LogP contribution in [0, 0.1) is 5.92 Å². The third kappa shape index (κ3) is 4.73. The Balaban J connectivity index is 1.28. The van der Waals surface area contributed by atoms with Crippen LogP contribution in [0.4, 0.5) is 11.4 Å². The molecule has 0 radical (unpaired) electrons. The number of nitrogens with one attached hydrogen (secondary N) is 1. The van der Waals surface area contributed by atoms with Crippen LogP contribution >= 0.6 is 15.9 Å². The molecule has 2 fully saturated rings. The summed E-state index contributed by atoms with van der Waals surface area (Å²) in [4.78, 5) is 9.33. The number of rotatable bonds is 6. The van der Waals surface area contributed by atoms with Crippen LogP contribution < -0.4 is 10.2 Å². The van der Waals surface area contributed by atoms with Crippen molar-refractivity contribution in [2.75, 3.05) is 42.9 Å². The third-order valence-electron chi connectivity index (χ3n) is 5.09. The van der Waals surface area contributed by atoms with Crippen LogP contribution in [0.1, 0.15) is 18.4 Å². The molecular weight excluding hydrogens is 376 g/mol. The number of piperazine rings is 1. The first-order chi connectivity index (χ1) is 12.3. The zero-order valence-electron chi connectivity index (χ0n) is 14.5. The number of anilines is 2. The van der Waals surface area contributed by atoms with E-state index >= 15 is 0 Å². The Morgan fingerprint density at radius 2 is 1.80 bits per heavy atom. The Kier molecular flexibility index (Phi) is 5.22. The van der Waals surface area contributed by atoms with Gasteiger partial charge in [0.1, 0.15) is 0 Å². The van der Waals surface area contributed by atoms with Gasteiger partial charge in [-0.25, -0.2) is 0 Å². The van der Waals surface area contributed by atoms with E-state index in [9.17, 15) is 0 Å². The quantitative estimate of drug-likeness (QED) is 0.793. The Labute approximate surface area is 158 Å². The molecule has 1 aromatic carbocycles. The molecule has 1 aliphatic carbocycles. The van der Waals surface area contributed by atoms with Gasteiger partial charge in [0.2, 0.25) is 0 Å². The molecule has 132 valence electrons. The van der Waals surface area contributed by atoms with Crippen molar-refractivity contribution < 1.29 is 0 Å². The number of hydrogen-bond acceptors (Lipinski definition) is 4. The van der Waals surface area contributed by atoms with E-state index in [-0.39, 0.29) is 0 Å². The van der Waals surface area contributed by atoms with Gasteiger partial charge in [-0.3, -0.25) is 9.88 Å². The lowest BCUT2D eigenvalue weighted by atomic mass is 10.1. The van der Waals surface area contributed by atoms with Gasteiger partial charge in [0.25, 0.3) is 0 Å². The molecule has 0 unspecified atom stereocenters. The number of benzene rings is 1. The fraction of sp³-hybridized carbons (Fsp3) is 0.450. The van der Waals surface area contributed by atoms with Crippen molar-refractivity contribution in [3.05, 3.63) is 52.8 Å². The highest BCUT2D eigenvalue weighted by Crippen LogP contribution is 2.30. The number of halogens is 1. The molecule has 1 aromatic heterocycles. The first-order valence-corrected chi connectivity index (χ1v) is 9.96. The summed E-state index contributed by atoms with van der Waals surface area (Å²) in [6, 6.07) is 11.0. The molecule has 1 saturated carbocycles. The zero-order valence-corrected chi connectivity index (χ0v) is 16.1. The molecule has 0 atom stereocenters. The summed E-state index contributed by atoms with van der Waals surface area (Å²) in [7, 11) is 0. The van der Waals surface area contributed by atoms with Crippen LogP contribution in [-0.2, 0) is 6.54 Å². The van der Waals surface area contributed by atoms with Crippen molar-refractivity contribution >= 4 is 27.3 Å². The van der Waals surface area contributed by atoms with Crippen LogP contribution in [0.2, 0.25) is 0 Å². The standard InChI is InChI=1S/C20H25BrN4/c21-18-11-19(14-22-13-18)23-12-16-3-5-20(6-4-16)25-9-7-24(8-10-25)15-17-1-2-17/h3-6,11,13-14,17,23H,1-2,7-10,12,15H2. The first kappa shape index (κ1) is 16.9. The lowest BCUT2D eigenvalue weighted by molar-refractivity contribution is 0.248. The molecule has 25 heavy (non-hydrogen) atoms. The van der Waals surface area contributed by atoms with Crippen LogP contribution in [-0.4, -0.2) is 42.6 Å². The SMILES string of the molecule is Brc1cncc(NCc2ccc(N3CCN(CC4CC4)CC3)cc2)c1. The largest absolute Gasteiger partial charge is 0.380 e.